The summed E-state index contributed by atoms with van der Waals surface area (Å²) in [4.78, 5) is 24.2. The second-order valence-electron chi connectivity index (χ2n) is 6.78. The summed E-state index contributed by atoms with van der Waals surface area (Å²) >= 11 is 0. The summed E-state index contributed by atoms with van der Waals surface area (Å²) in [5.41, 5.74) is 3.21. The van der Waals surface area contributed by atoms with Crippen LogP contribution in [-0.2, 0) is 4.79 Å². The summed E-state index contributed by atoms with van der Waals surface area (Å²) in [6.45, 7) is 8.50. The van der Waals surface area contributed by atoms with Crippen molar-refractivity contribution in [1.29, 1.82) is 0 Å². The van der Waals surface area contributed by atoms with E-state index in [-0.39, 0.29) is 18.4 Å². The lowest BCUT2D eigenvalue weighted by Gasteiger charge is -2.12. The molecule has 2 aromatic rings. The fourth-order valence-corrected chi connectivity index (χ4v) is 2.31. The van der Waals surface area contributed by atoms with Crippen molar-refractivity contribution in [2.24, 2.45) is 5.92 Å². The molecule has 2 aromatic carbocycles. The highest BCUT2D eigenvalue weighted by Crippen LogP contribution is 2.17. The topological polar surface area (TPSA) is 67.4 Å². The third-order valence-corrected chi connectivity index (χ3v) is 3.82. The molecule has 0 saturated heterocycles. The van der Waals surface area contributed by atoms with E-state index < -0.39 is 0 Å². The minimum Gasteiger partial charge on any atom is -0.484 e. The third kappa shape index (κ3) is 5.92. The van der Waals surface area contributed by atoms with Gasteiger partial charge in [0, 0.05) is 17.8 Å². The van der Waals surface area contributed by atoms with Gasteiger partial charge in [-0.15, -0.1) is 0 Å². The Balaban J connectivity index is 1.91. The Bertz CT molecular complexity index is 767. The highest BCUT2D eigenvalue weighted by Gasteiger charge is 2.10. The predicted molar refractivity (Wildman–Crippen MR) is 104 cm³/mol. The Kier molecular flexibility index (Phi) is 6.78. The predicted octanol–water partition coefficient (Wildman–Crippen LogP) is 3.71. The average Bonchev–Trinajstić information content (AvgIpc) is 2.61. The number of hydrogen-bond donors (Lipinski definition) is 2. The summed E-state index contributed by atoms with van der Waals surface area (Å²) in [5.74, 6) is 0.694. The summed E-state index contributed by atoms with van der Waals surface area (Å²) in [6.07, 6.45) is 0. The van der Waals surface area contributed by atoms with Gasteiger partial charge in [0.1, 0.15) is 5.75 Å². The largest absolute Gasteiger partial charge is 0.484 e. The number of nitrogens with one attached hydrogen (secondary N) is 2. The van der Waals surface area contributed by atoms with E-state index in [1.807, 2.05) is 52.0 Å². The molecular formula is C21H26N2O3. The van der Waals surface area contributed by atoms with Gasteiger partial charge in [-0.05, 0) is 55.7 Å². The van der Waals surface area contributed by atoms with Crippen LogP contribution in [-0.4, -0.2) is 25.0 Å². The van der Waals surface area contributed by atoms with Gasteiger partial charge in [-0.1, -0.05) is 31.5 Å². The quantitative estimate of drug-likeness (QED) is 0.796. The van der Waals surface area contributed by atoms with Gasteiger partial charge in [0.2, 0.25) is 0 Å². The Morgan fingerprint density at radius 1 is 1.04 bits per heavy atom. The van der Waals surface area contributed by atoms with Gasteiger partial charge in [-0.2, -0.15) is 0 Å². The molecule has 26 heavy (non-hydrogen) atoms. The third-order valence-electron chi connectivity index (χ3n) is 3.82. The van der Waals surface area contributed by atoms with E-state index in [1.165, 1.54) is 0 Å². The zero-order valence-electron chi connectivity index (χ0n) is 15.8. The first-order valence-electron chi connectivity index (χ1n) is 8.73. The van der Waals surface area contributed by atoms with Gasteiger partial charge in [-0.25, -0.2) is 0 Å². The van der Waals surface area contributed by atoms with E-state index in [0.29, 0.717) is 29.5 Å². The highest BCUT2D eigenvalue weighted by molar-refractivity contribution is 5.96. The summed E-state index contributed by atoms with van der Waals surface area (Å²) < 4.78 is 5.47. The summed E-state index contributed by atoms with van der Waals surface area (Å²) in [5, 5.41) is 5.69. The summed E-state index contributed by atoms with van der Waals surface area (Å²) in [6, 6.07) is 12.7. The number of amides is 2. The number of hydrogen-bond acceptors (Lipinski definition) is 3. The van der Waals surface area contributed by atoms with Crippen molar-refractivity contribution < 1.29 is 14.3 Å². The molecule has 0 radical (unpaired) electrons. The van der Waals surface area contributed by atoms with Gasteiger partial charge in [0.15, 0.2) is 6.61 Å². The molecule has 0 atom stereocenters. The standard InChI is InChI=1S/C21H26N2O3/c1-14(2)12-22-21(25)17-7-10-19(16(4)11-17)23-20(24)13-26-18-8-5-15(3)6-9-18/h5-11,14H,12-13H2,1-4H3,(H,22,25)(H,23,24). The maximum absolute atomic E-state index is 12.1. The van der Waals surface area contributed by atoms with Gasteiger partial charge in [0.25, 0.3) is 11.8 Å². The molecule has 0 spiro atoms. The van der Waals surface area contributed by atoms with Crippen LogP contribution in [0.15, 0.2) is 42.5 Å². The van der Waals surface area contributed by atoms with Crippen LogP contribution >= 0.6 is 0 Å². The monoisotopic (exact) mass is 354 g/mol. The van der Waals surface area contributed by atoms with Crippen molar-refractivity contribution >= 4 is 17.5 Å². The molecule has 5 heteroatoms. The number of rotatable bonds is 7. The molecule has 0 aliphatic rings. The molecular weight excluding hydrogens is 328 g/mol. The molecule has 0 heterocycles. The van der Waals surface area contributed by atoms with Crippen LogP contribution < -0.4 is 15.4 Å². The van der Waals surface area contributed by atoms with Crippen molar-refractivity contribution in [3.63, 3.8) is 0 Å². The van der Waals surface area contributed by atoms with Gasteiger partial charge in [-0.3, -0.25) is 9.59 Å². The number of carbonyl (C=O) groups excluding carboxylic acids is 2. The SMILES string of the molecule is Cc1ccc(OCC(=O)Nc2ccc(C(=O)NCC(C)C)cc2C)cc1. The average molecular weight is 354 g/mol. The number of benzene rings is 2. The van der Waals surface area contributed by atoms with Crippen LogP contribution in [0.25, 0.3) is 0 Å². The number of carbonyl (C=O) groups is 2. The fourth-order valence-electron chi connectivity index (χ4n) is 2.31. The maximum atomic E-state index is 12.1. The van der Waals surface area contributed by atoms with Crippen LogP contribution in [0.1, 0.15) is 35.3 Å². The molecule has 0 unspecified atom stereocenters. The lowest BCUT2D eigenvalue weighted by molar-refractivity contribution is -0.118. The van der Waals surface area contributed by atoms with E-state index in [9.17, 15) is 9.59 Å². The van der Waals surface area contributed by atoms with Crippen molar-refractivity contribution in [3.8, 4) is 5.75 Å². The molecule has 0 saturated carbocycles. The van der Waals surface area contributed by atoms with Gasteiger partial charge in [0.05, 0.1) is 0 Å². The van der Waals surface area contributed by atoms with E-state index in [1.54, 1.807) is 18.2 Å². The summed E-state index contributed by atoms with van der Waals surface area (Å²) in [7, 11) is 0. The van der Waals surface area contributed by atoms with Gasteiger partial charge >= 0.3 is 0 Å². The van der Waals surface area contributed by atoms with Crippen LogP contribution in [0.2, 0.25) is 0 Å². The number of aryl methyl sites for hydroxylation is 2. The first-order chi connectivity index (χ1) is 12.3. The molecule has 5 nitrogen and oxygen atoms in total. The Morgan fingerprint density at radius 3 is 2.35 bits per heavy atom. The number of ether oxygens (including phenoxy) is 1. The first-order valence-corrected chi connectivity index (χ1v) is 8.73. The molecule has 2 rings (SSSR count). The molecule has 0 bridgehead atoms. The van der Waals surface area contributed by atoms with Crippen molar-refractivity contribution in [2.75, 3.05) is 18.5 Å². The zero-order valence-corrected chi connectivity index (χ0v) is 15.8. The molecule has 0 aliphatic heterocycles. The molecule has 2 N–H and O–H groups in total. The Morgan fingerprint density at radius 2 is 1.73 bits per heavy atom. The van der Waals surface area contributed by atoms with Crippen molar-refractivity contribution in [1.82, 2.24) is 5.32 Å². The second kappa shape index (κ2) is 9.04. The highest BCUT2D eigenvalue weighted by atomic mass is 16.5. The minimum absolute atomic E-state index is 0.0703. The molecule has 0 aliphatic carbocycles. The second-order valence-corrected chi connectivity index (χ2v) is 6.78. The smallest absolute Gasteiger partial charge is 0.262 e. The molecule has 0 aromatic heterocycles. The van der Waals surface area contributed by atoms with Gasteiger partial charge < -0.3 is 15.4 Å². The van der Waals surface area contributed by atoms with Crippen molar-refractivity contribution in [2.45, 2.75) is 27.7 Å². The number of anilines is 1. The van der Waals surface area contributed by atoms with E-state index >= 15 is 0 Å². The van der Waals surface area contributed by atoms with E-state index in [0.717, 1.165) is 11.1 Å². The maximum Gasteiger partial charge on any atom is 0.262 e. The normalized spacial score (nSPS) is 10.5. The zero-order chi connectivity index (χ0) is 19.1. The van der Waals surface area contributed by atoms with Crippen LogP contribution in [0.3, 0.4) is 0 Å². The molecule has 138 valence electrons. The molecule has 2 amide bonds. The van der Waals surface area contributed by atoms with Crippen LogP contribution in [0, 0.1) is 19.8 Å². The lowest BCUT2D eigenvalue weighted by atomic mass is 10.1. The lowest BCUT2D eigenvalue weighted by Crippen LogP contribution is -2.27. The van der Waals surface area contributed by atoms with Crippen molar-refractivity contribution in [3.05, 3.63) is 59.2 Å². The van der Waals surface area contributed by atoms with E-state index in [2.05, 4.69) is 10.6 Å². The fraction of sp³-hybridized carbons (Fsp3) is 0.333. The van der Waals surface area contributed by atoms with E-state index in [4.69, 9.17) is 4.74 Å². The Labute approximate surface area is 154 Å². The van der Waals surface area contributed by atoms with Crippen LogP contribution in [0.5, 0.6) is 5.75 Å². The molecule has 0 fully saturated rings. The minimum atomic E-state index is -0.245. The van der Waals surface area contributed by atoms with Crippen LogP contribution in [0.4, 0.5) is 5.69 Å². The Hall–Kier alpha value is -2.82. The first kappa shape index (κ1) is 19.5.